The molecule has 0 N–H and O–H groups in total. The number of furan rings is 2. The molecule has 50 heavy (non-hydrogen) atoms. The van der Waals surface area contributed by atoms with Gasteiger partial charge in [-0.2, -0.15) is 0 Å². The number of benzene rings is 6. The molecule has 0 unspecified atom stereocenters. The Balaban J connectivity index is 1.26. The van der Waals surface area contributed by atoms with E-state index in [9.17, 15) is 0 Å². The van der Waals surface area contributed by atoms with Crippen LogP contribution in [0.2, 0.25) is 0 Å². The molecule has 234 valence electrons. The molecule has 0 aliphatic rings. The summed E-state index contributed by atoms with van der Waals surface area (Å²) in [6.07, 6.45) is 3.67. The number of rotatable bonds is 5. The van der Waals surface area contributed by atoms with E-state index in [1.165, 1.54) is 0 Å². The van der Waals surface area contributed by atoms with Crippen molar-refractivity contribution in [2.24, 2.45) is 0 Å². The third-order valence-electron chi connectivity index (χ3n) is 9.43. The van der Waals surface area contributed by atoms with Crippen LogP contribution in [-0.2, 0) is 0 Å². The lowest BCUT2D eigenvalue weighted by Gasteiger charge is -2.14. The lowest BCUT2D eigenvalue weighted by atomic mass is 9.94. The maximum atomic E-state index is 6.76. The molecule has 0 atom stereocenters. The van der Waals surface area contributed by atoms with Crippen LogP contribution >= 0.6 is 0 Å². The Morgan fingerprint density at radius 3 is 1.86 bits per heavy atom. The summed E-state index contributed by atoms with van der Waals surface area (Å²) >= 11 is 0. The van der Waals surface area contributed by atoms with E-state index in [1.54, 1.807) is 6.20 Å². The minimum Gasteiger partial charge on any atom is -0.456 e. The van der Waals surface area contributed by atoms with Crippen molar-refractivity contribution in [1.82, 2.24) is 15.0 Å². The van der Waals surface area contributed by atoms with E-state index in [0.717, 1.165) is 94.2 Å². The van der Waals surface area contributed by atoms with Gasteiger partial charge in [-0.25, -0.2) is 9.97 Å². The van der Waals surface area contributed by atoms with E-state index >= 15 is 0 Å². The van der Waals surface area contributed by atoms with Gasteiger partial charge in [0.15, 0.2) is 5.82 Å². The molecule has 0 radical (unpaired) electrons. The largest absolute Gasteiger partial charge is 0.456 e. The van der Waals surface area contributed by atoms with E-state index in [1.807, 2.05) is 79.0 Å². The first kappa shape index (κ1) is 28.2. The molecule has 10 aromatic rings. The molecule has 0 fully saturated rings. The van der Waals surface area contributed by atoms with E-state index < -0.39 is 0 Å². The molecule has 0 bridgehead atoms. The third kappa shape index (κ3) is 4.52. The summed E-state index contributed by atoms with van der Waals surface area (Å²) in [5, 5.41) is 4.18. The Labute approximate surface area is 287 Å². The highest BCUT2D eigenvalue weighted by Crippen LogP contribution is 2.45. The van der Waals surface area contributed by atoms with Crippen molar-refractivity contribution in [3.8, 4) is 56.2 Å². The molecule has 0 saturated carbocycles. The minimum absolute atomic E-state index is 0.639. The summed E-state index contributed by atoms with van der Waals surface area (Å²) in [6, 6.07) is 51.6. The molecule has 4 heterocycles. The van der Waals surface area contributed by atoms with Crippen molar-refractivity contribution in [3.05, 3.63) is 164 Å². The number of pyridine rings is 1. The predicted octanol–water partition coefficient (Wildman–Crippen LogP) is 12.0. The molecule has 0 saturated heterocycles. The van der Waals surface area contributed by atoms with E-state index in [2.05, 4.69) is 83.8 Å². The topological polar surface area (TPSA) is 65.0 Å². The zero-order valence-electron chi connectivity index (χ0n) is 26.7. The van der Waals surface area contributed by atoms with Gasteiger partial charge in [0.25, 0.3) is 0 Å². The normalized spacial score (nSPS) is 11.6. The number of hydrogen-bond donors (Lipinski definition) is 0. The van der Waals surface area contributed by atoms with Gasteiger partial charge in [-0.05, 0) is 47.5 Å². The number of para-hydroxylation sites is 2. The minimum atomic E-state index is 0.639. The summed E-state index contributed by atoms with van der Waals surface area (Å²) in [5.74, 6) is 0.639. The fraction of sp³-hybridized carbons (Fsp3) is 0. The van der Waals surface area contributed by atoms with Crippen molar-refractivity contribution in [2.45, 2.75) is 0 Å². The lowest BCUT2D eigenvalue weighted by Crippen LogP contribution is -1.98. The van der Waals surface area contributed by atoms with Crippen LogP contribution in [0.25, 0.3) is 100 Å². The molecule has 5 nitrogen and oxygen atoms in total. The molecule has 5 heteroatoms. The van der Waals surface area contributed by atoms with Gasteiger partial charge in [0, 0.05) is 61.8 Å². The van der Waals surface area contributed by atoms with E-state index in [4.69, 9.17) is 18.8 Å². The predicted molar refractivity (Wildman–Crippen MR) is 202 cm³/mol. The van der Waals surface area contributed by atoms with Gasteiger partial charge in [0.2, 0.25) is 0 Å². The van der Waals surface area contributed by atoms with Crippen LogP contribution in [0, 0.1) is 0 Å². The smallest absolute Gasteiger partial charge is 0.161 e. The van der Waals surface area contributed by atoms with Crippen LogP contribution in [0.3, 0.4) is 0 Å². The van der Waals surface area contributed by atoms with Gasteiger partial charge in [0.05, 0.1) is 11.4 Å². The standard InChI is InChI=1S/C45H27N3O2/c1-2-12-28(13-3-1)37-26-38(48-45(47-37)33-16-5-4-15-30(33)29-14-11-25-46-27-29)34-24-23-32(44-43(34)36-18-7-9-21-40(36)50-44)31-19-10-22-41-42(31)35-17-6-8-20-39(35)49-41/h1-27H. The fourth-order valence-electron chi connectivity index (χ4n) is 7.17. The van der Waals surface area contributed by atoms with Crippen molar-refractivity contribution >= 4 is 43.9 Å². The Morgan fingerprint density at radius 1 is 0.400 bits per heavy atom. The lowest BCUT2D eigenvalue weighted by molar-refractivity contribution is 0.668. The summed E-state index contributed by atoms with van der Waals surface area (Å²) < 4.78 is 13.0. The van der Waals surface area contributed by atoms with Crippen LogP contribution in [0.1, 0.15) is 0 Å². The Kier molecular flexibility index (Phi) is 6.42. The van der Waals surface area contributed by atoms with Crippen LogP contribution < -0.4 is 0 Å². The Hall–Kier alpha value is -6.85. The quantitative estimate of drug-likeness (QED) is 0.187. The first-order chi connectivity index (χ1) is 24.8. The van der Waals surface area contributed by atoms with Crippen LogP contribution in [-0.4, -0.2) is 15.0 Å². The van der Waals surface area contributed by atoms with Gasteiger partial charge in [-0.3, -0.25) is 4.98 Å². The second-order valence-electron chi connectivity index (χ2n) is 12.4. The van der Waals surface area contributed by atoms with Crippen LogP contribution in [0.15, 0.2) is 173 Å². The van der Waals surface area contributed by atoms with Crippen LogP contribution in [0.4, 0.5) is 0 Å². The molecular formula is C45H27N3O2. The summed E-state index contributed by atoms with van der Waals surface area (Å²) in [4.78, 5) is 14.9. The third-order valence-corrected chi connectivity index (χ3v) is 9.43. The molecule has 0 amide bonds. The second kappa shape index (κ2) is 11.4. The van der Waals surface area contributed by atoms with Gasteiger partial charge < -0.3 is 8.83 Å². The van der Waals surface area contributed by atoms with Crippen molar-refractivity contribution in [2.75, 3.05) is 0 Å². The average Bonchev–Trinajstić information content (AvgIpc) is 3.77. The SMILES string of the molecule is c1ccc(-c2cc(-c3ccc(-c4cccc5oc6ccccc6c45)c4oc5ccccc5c34)nc(-c3ccccc3-c3cccnc3)n2)cc1. The molecule has 4 aromatic heterocycles. The van der Waals surface area contributed by atoms with Crippen LogP contribution in [0.5, 0.6) is 0 Å². The van der Waals surface area contributed by atoms with E-state index in [0.29, 0.717) is 5.82 Å². The number of nitrogens with zero attached hydrogens (tertiary/aromatic N) is 3. The fourth-order valence-corrected chi connectivity index (χ4v) is 7.17. The van der Waals surface area contributed by atoms with Gasteiger partial charge >= 0.3 is 0 Å². The highest BCUT2D eigenvalue weighted by atomic mass is 16.3. The van der Waals surface area contributed by atoms with Gasteiger partial charge in [-0.15, -0.1) is 0 Å². The highest BCUT2D eigenvalue weighted by molar-refractivity contribution is 6.20. The van der Waals surface area contributed by atoms with Gasteiger partial charge in [0.1, 0.15) is 22.3 Å². The first-order valence-electron chi connectivity index (χ1n) is 16.6. The Bertz CT molecular complexity index is 2870. The summed E-state index contributed by atoms with van der Waals surface area (Å²) in [6.45, 7) is 0. The number of aromatic nitrogens is 3. The molecular weight excluding hydrogens is 615 g/mol. The first-order valence-corrected chi connectivity index (χ1v) is 16.6. The Morgan fingerprint density at radius 2 is 1.04 bits per heavy atom. The molecule has 0 aliphatic heterocycles. The maximum Gasteiger partial charge on any atom is 0.161 e. The molecule has 10 rings (SSSR count). The van der Waals surface area contributed by atoms with E-state index in [-0.39, 0.29) is 0 Å². The van der Waals surface area contributed by atoms with Crippen molar-refractivity contribution < 1.29 is 8.83 Å². The zero-order valence-corrected chi connectivity index (χ0v) is 26.7. The molecule has 0 spiro atoms. The highest BCUT2D eigenvalue weighted by Gasteiger charge is 2.22. The van der Waals surface area contributed by atoms with Gasteiger partial charge in [-0.1, -0.05) is 115 Å². The zero-order chi connectivity index (χ0) is 33.0. The summed E-state index contributed by atoms with van der Waals surface area (Å²) in [5.41, 5.74) is 12.0. The number of fused-ring (bicyclic) bond motifs is 6. The average molecular weight is 642 g/mol. The maximum absolute atomic E-state index is 6.76. The van der Waals surface area contributed by atoms with Crippen molar-refractivity contribution in [3.63, 3.8) is 0 Å². The number of hydrogen-bond acceptors (Lipinski definition) is 5. The second-order valence-corrected chi connectivity index (χ2v) is 12.4. The summed E-state index contributed by atoms with van der Waals surface area (Å²) in [7, 11) is 0. The monoisotopic (exact) mass is 641 g/mol. The van der Waals surface area contributed by atoms with Crippen molar-refractivity contribution in [1.29, 1.82) is 0 Å². The molecule has 6 aromatic carbocycles. The molecule has 0 aliphatic carbocycles.